The molecule has 0 atom stereocenters. The minimum Gasteiger partial charge on any atom is -0.377 e. The van der Waals surface area contributed by atoms with E-state index >= 15 is 0 Å². The van der Waals surface area contributed by atoms with E-state index in [0.29, 0.717) is 30.4 Å². The average Bonchev–Trinajstić information content (AvgIpc) is 2.77. The van der Waals surface area contributed by atoms with E-state index in [1.165, 1.54) is 12.1 Å². The van der Waals surface area contributed by atoms with Crippen LogP contribution in [0.4, 0.5) is 4.39 Å². The Bertz CT molecular complexity index is 991. The Hall–Kier alpha value is -2.51. The van der Waals surface area contributed by atoms with Gasteiger partial charge in [0, 0.05) is 42.4 Å². The summed E-state index contributed by atoms with van der Waals surface area (Å²) in [6, 6.07) is 10.3. The summed E-state index contributed by atoms with van der Waals surface area (Å²) < 4.78 is 18.5. The molecule has 5 nitrogen and oxygen atoms in total. The van der Waals surface area contributed by atoms with E-state index in [1.807, 2.05) is 19.1 Å². The smallest absolute Gasteiger partial charge is 0.255 e. The minimum atomic E-state index is -0.225. The number of ether oxygens (including phenoxy) is 1. The fraction of sp³-hybridized carbons (Fsp3) is 0.375. The largest absolute Gasteiger partial charge is 0.377 e. The third-order valence-electron chi connectivity index (χ3n) is 4.82. The lowest BCUT2D eigenvalue weighted by Gasteiger charge is -2.05. The molecule has 0 unspecified atom stereocenters. The predicted octanol–water partition coefficient (Wildman–Crippen LogP) is 5.07. The van der Waals surface area contributed by atoms with E-state index in [1.54, 1.807) is 36.3 Å². The van der Waals surface area contributed by atoms with Gasteiger partial charge in [-0.2, -0.15) is 0 Å². The van der Waals surface area contributed by atoms with E-state index in [0.717, 1.165) is 48.3 Å². The first-order valence-corrected chi connectivity index (χ1v) is 11.5. The summed E-state index contributed by atoms with van der Waals surface area (Å²) in [5.41, 5.74) is 3.51. The van der Waals surface area contributed by atoms with Crippen LogP contribution < -0.4 is 5.56 Å². The third-order valence-corrected chi connectivity index (χ3v) is 5.79. The Morgan fingerprint density at radius 1 is 0.968 bits per heavy atom. The number of aromatic nitrogens is 3. The predicted molar refractivity (Wildman–Crippen MR) is 122 cm³/mol. The van der Waals surface area contributed by atoms with E-state index in [-0.39, 0.29) is 11.4 Å². The monoisotopic (exact) mass is 441 g/mol. The third kappa shape index (κ3) is 8.26. The highest BCUT2D eigenvalue weighted by molar-refractivity contribution is 7.99. The van der Waals surface area contributed by atoms with Gasteiger partial charge in [0.05, 0.1) is 6.61 Å². The molecule has 0 saturated heterocycles. The molecule has 0 fully saturated rings. The standard InChI is InChI=1S/C24H28FN3O2S/c1-18-6-7-20(15-26-18)14-21-16-27-24(28-23(21)29)31-13-5-3-2-4-12-30-17-19-8-10-22(25)11-9-19/h6-11,15-16H,2-5,12-14,17H2,1H3,(H,27,28,29). The van der Waals surface area contributed by atoms with Crippen LogP contribution in [-0.2, 0) is 17.8 Å². The van der Waals surface area contributed by atoms with Gasteiger partial charge in [0.2, 0.25) is 0 Å². The number of benzene rings is 1. The average molecular weight is 442 g/mol. The van der Waals surface area contributed by atoms with E-state index < -0.39 is 0 Å². The highest BCUT2D eigenvalue weighted by atomic mass is 32.2. The number of nitrogens with zero attached hydrogens (tertiary/aromatic N) is 2. The number of halogens is 1. The summed E-state index contributed by atoms with van der Waals surface area (Å²) in [4.78, 5) is 23.8. The fourth-order valence-corrected chi connectivity index (χ4v) is 3.86. The van der Waals surface area contributed by atoms with Gasteiger partial charge in [0.25, 0.3) is 5.56 Å². The molecule has 1 N–H and O–H groups in total. The lowest BCUT2D eigenvalue weighted by molar-refractivity contribution is 0.117. The number of nitrogens with one attached hydrogen (secondary N) is 1. The molecule has 0 saturated carbocycles. The van der Waals surface area contributed by atoms with Crippen LogP contribution in [0.25, 0.3) is 0 Å². The molecule has 31 heavy (non-hydrogen) atoms. The van der Waals surface area contributed by atoms with Crippen LogP contribution in [0.1, 0.15) is 48.1 Å². The summed E-state index contributed by atoms with van der Waals surface area (Å²) in [5, 5.41) is 0.665. The molecule has 0 aliphatic heterocycles. The molecule has 3 aromatic rings. The van der Waals surface area contributed by atoms with Crippen molar-refractivity contribution in [3.63, 3.8) is 0 Å². The number of thioether (sulfide) groups is 1. The molecule has 0 radical (unpaired) electrons. The Balaban J connectivity index is 1.27. The van der Waals surface area contributed by atoms with Crippen molar-refractivity contribution in [1.29, 1.82) is 0 Å². The lowest BCUT2D eigenvalue weighted by atomic mass is 10.1. The maximum atomic E-state index is 12.8. The molecule has 2 heterocycles. The second-order valence-corrected chi connectivity index (χ2v) is 8.55. The number of hydrogen-bond donors (Lipinski definition) is 1. The zero-order valence-electron chi connectivity index (χ0n) is 17.8. The zero-order valence-corrected chi connectivity index (χ0v) is 18.6. The van der Waals surface area contributed by atoms with Gasteiger partial charge < -0.3 is 9.72 Å². The van der Waals surface area contributed by atoms with Gasteiger partial charge in [-0.25, -0.2) is 9.37 Å². The SMILES string of the molecule is Cc1ccc(Cc2cnc(SCCCCCCOCc3ccc(F)cc3)[nH]c2=O)cn1. The summed E-state index contributed by atoms with van der Waals surface area (Å²) >= 11 is 1.58. The number of aryl methyl sites for hydroxylation is 1. The number of rotatable bonds is 12. The Labute approximate surface area is 186 Å². The molecule has 1 aromatic carbocycles. The molecular formula is C24H28FN3O2S. The van der Waals surface area contributed by atoms with Crippen molar-refractivity contribution in [2.45, 2.75) is 50.8 Å². The fourth-order valence-electron chi connectivity index (χ4n) is 3.03. The van der Waals surface area contributed by atoms with Crippen LogP contribution in [-0.4, -0.2) is 27.3 Å². The molecule has 3 rings (SSSR count). The van der Waals surface area contributed by atoms with Gasteiger partial charge >= 0.3 is 0 Å². The van der Waals surface area contributed by atoms with Crippen LogP contribution in [0.5, 0.6) is 0 Å². The molecule has 7 heteroatoms. The van der Waals surface area contributed by atoms with Crippen LogP contribution in [0.3, 0.4) is 0 Å². The van der Waals surface area contributed by atoms with E-state index in [4.69, 9.17) is 4.74 Å². The maximum Gasteiger partial charge on any atom is 0.255 e. The van der Waals surface area contributed by atoms with Crippen LogP contribution >= 0.6 is 11.8 Å². The Morgan fingerprint density at radius 2 is 1.74 bits per heavy atom. The molecule has 2 aromatic heterocycles. The second-order valence-electron chi connectivity index (χ2n) is 7.47. The van der Waals surface area contributed by atoms with Gasteiger partial charge in [-0.15, -0.1) is 0 Å². The molecule has 0 aliphatic rings. The quantitative estimate of drug-likeness (QED) is 0.241. The number of hydrogen-bond acceptors (Lipinski definition) is 5. The lowest BCUT2D eigenvalue weighted by Crippen LogP contribution is -2.15. The number of H-pyrrole nitrogens is 1. The van der Waals surface area contributed by atoms with Crippen molar-refractivity contribution in [2.24, 2.45) is 0 Å². The van der Waals surface area contributed by atoms with Crippen molar-refractivity contribution in [3.05, 3.63) is 87.3 Å². The topological polar surface area (TPSA) is 67.9 Å². The first kappa shape index (κ1) is 23.2. The van der Waals surface area contributed by atoms with Crippen molar-refractivity contribution in [3.8, 4) is 0 Å². The highest BCUT2D eigenvalue weighted by Gasteiger charge is 2.05. The summed E-state index contributed by atoms with van der Waals surface area (Å²) in [6.45, 7) is 3.16. The van der Waals surface area contributed by atoms with Crippen LogP contribution in [0.15, 0.2) is 58.7 Å². The van der Waals surface area contributed by atoms with Crippen LogP contribution in [0, 0.1) is 12.7 Å². The van der Waals surface area contributed by atoms with Gasteiger partial charge in [-0.1, -0.05) is 42.8 Å². The summed E-state index contributed by atoms with van der Waals surface area (Å²) in [6.07, 6.45) is 8.26. The van der Waals surface area contributed by atoms with Crippen molar-refractivity contribution >= 4 is 11.8 Å². The van der Waals surface area contributed by atoms with Gasteiger partial charge in [0.1, 0.15) is 5.82 Å². The Morgan fingerprint density at radius 3 is 2.48 bits per heavy atom. The number of unbranched alkanes of at least 4 members (excludes halogenated alkanes) is 3. The summed E-state index contributed by atoms with van der Waals surface area (Å²) in [7, 11) is 0. The van der Waals surface area contributed by atoms with Gasteiger partial charge in [0.15, 0.2) is 5.16 Å². The highest BCUT2D eigenvalue weighted by Crippen LogP contribution is 2.15. The van der Waals surface area contributed by atoms with Crippen molar-refractivity contribution < 1.29 is 9.13 Å². The zero-order chi connectivity index (χ0) is 21.9. The maximum absolute atomic E-state index is 12.8. The minimum absolute atomic E-state index is 0.0867. The molecule has 0 bridgehead atoms. The first-order chi connectivity index (χ1) is 15.1. The molecular weight excluding hydrogens is 413 g/mol. The van der Waals surface area contributed by atoms with Crippen LogP contribution in [0.2, 0.25) is 0 Å². The van der Waals surface area contributed by atoms with Gasteiger partial charge in [-0.3, -0.25) is 9.78 Å². The van der Waals surface area contributed by atoms with E-state index in [9.17, 15) is 9.18 Å². The molecule has 0 amide bonds. The van der Waals surface area contributed by atoms with Gasteiger partial charge in [-0.05, 0) is 49.1 Å². The molecule has 0 aliphatic carbocycles. The number of pyridine rings is 1. The summed E-state index contributed by atoms with van der Waals surface area (Å²) in [5.74, 6) is 0.692. The normalized spacial score (nSPS) is 11.0. The van der Waals surface area contributed by atoms with E-state index in [2.05, 4.69) is 15.0 Å². The first-order valence-electron chi connectivity index (χ1n) is 10.5. The number of aromatic amines is 1. The molecule has 164 valence electrons. The molecule has 0 spiro atoms. The van der Waals surface area contributed by atoms with Crippen molar-refractivity contribution in [2.75, 3.05) is 12.4 Å². The van der Waals surface area contributed by atoms with Crippen molar-refractivity contribution in [1.82, 2.24) is 15.0 Å². The second kappa shape index (κ2) is 12.4. The Kier molecular flexibility index (Phi) is 9.24.